The third-order valence-corrected chi connectivity index (χ3v) is 8.91. The largest absolute Gasteiger partial charge is 0.550 e. The van der Waals surface area contributed by atoms with Crippen LogP contribution in [0.4, 0.5) is 0 Å². The summed E-state index contributed by atoms with van der Waals surface area (Å²) in [5, 5.41) is 76.0. The van der Waals surface area contributed by atoms with Crippen molar-refractivity contribution in [1.29, 1.82) is 0 Å². The zero-order valence-electron chi connectivity index (χ0n) is 28.5. The first kappa shape index (κ1) is 41.3. The number of aliphatic hydroxyl groups is 6. The molecule has 3 aliphatic rings. The van der Waals surface area contributed by atoms with Gasteiger partial charge in [-0.2, -0.15) is 0 Å². The van der Waals surface area contributed by atoms with Crippen molar-refractivity contribution in [3.8, 4) is 0 Å². The number of aliphatic imine (C=N–C) groups is 1. The van der Waals surface area contributed by atoms with Crippen molar-refractivity contribution in [3.05, 3.63) is 36.6 Å². The van der Waals surface area contributed by atoms with Gasteiger partial charge < -0.3 is 80.2 Å². The van der Waals surface area contributed by atoms with Gasteiger partial charge in [0.25, 0.3) is 0 Å². The Balaban J connectivity index is 2.01. The first-order chi connectivity index (χ1) is 23.7. The van der Waals surface area contributed by atoms with Crippen LogP contribution in [0.15, 0.2) is 41.6 Å². The van der Waals surface area contributed by atoms with Gasteiger partial charge in [-0.1, -0.05) is 18.2 Å². The Morgan fingerprint density at radius 3 is 2.52 bits per heavy atom. The first-order valence-corrected chi connectivity index (χ1v) is 16.5. The smallest absolute Gasteiger partial charge is 0.337 e. The molecule has 2 saturated heterocycles. The van der Waals surface area contributed by atoms with Crippen LogP contribution in [0.2, 0.25) is 0 Å². The minimum Gasteiger partial charge on any atom is -0.550 e. The number of piperidine rings is 1. The van der Waals surface area contributed by atoms with Crippen molar-refractivity contribution in [2.45, 2.75) is 69.1 Å². The monoisotopic (exact) mass is 716 g/mol. The molecule has 3 aliphatic heterocycles. The van der Waals surface area contributed by atoms with Gasteiger partial charge in [0.2, 0.25) is 12.1 Å². The van der Waals surface area contributed by atoms with E-state index >= 15 is 0 Å². The number of nitrogens with one attached hydrogen (secondary N) is 2. The SMILES string of the molecule is C=CC1C(OC2OC(CO)C(O)C(O)(O)C2OC(C)C)OC=C(C(=O)OC)C1C=CC1C[NH+](CCO)CC(C(=O)[O-])C1NC(N)=NCCCO. The van der Waals surface area contributed by atoms with Gasteiger partial charge in [0, 0.05) is 25.0 Å². The van der Waals surface area contributed by atoms with E-state index in [1.807, 2.05) is 0 Å². The van der Waals surface area contributed by atoms with Crippen LogP contribution in [0.1, 0.15) is 20.3 Å². The molecule has 0 aromatic heterocycles. The number of allylic oxidation sites excluding steroid dienone is 1. The highest BCUT2D eigenvalue weighted by atomic mass is 16.8. The van der Waals surface area contributed by atoms with Crippen LogP contribution >= 0.6 is 0 Å². The molecule has 0 aromatic rings. The predicted molar refractivity (Wildman–Crippen MR) is 171 cm³/mol. The van der Waals surface area contributed by atoms with Gasteiger partial charge in [0.15, 0.2) is 18.4 Å². The van der Waals surface area contributed by atoms with E-state index in [0.717, 1.165) is 11.2 Å². The van der Waals surface area contributed by atoms with Crippen molar-refractivity contribution in [2.75, 3.05) is 53.1 Å². The predicted octanol–water partition coefficient (Wildman–Crippen LogP) is -5.53. The van der Waals surface area contributed by atoms with Crippen molar-refractivity contribution >= 4 is 17.9 Å². The van der Waals surface area contributed by atoms with Crippen molar-refractivity contribution in [3.63, 3.8) is 0 Å². The van der Waals surface area contributed by atoms with Gasteiger partial charge in [-0.3, -0.25) is 4.99 Å². The normalized spacial score (nSPS) is 34.6. The number of quaternary nitrogens is 1. The molecule has 0 amide bonds. The highest BCUT2D eigenvalue weighted by Crippen LogP contribution is 2.38. The molecule has 10 N–H and O–H groups in total. The second-order valence-corrected chi connectivity index (χ2v) is 12.7. The van der Waals surface area contributed by atoms with E-state index in [1.165, 1.54) is 13.2 Å². The van der Waals surface area contributed by atoms with E-state index in [9.17, 15) is 40.2 Å². The molecule has 50 heavy (non-hydrogen) atoms. The standard InChI is InChI=1S/C32H52N4O14/c1-5-19-20(8-7-18-13-36(10-12-38)14-21(27(41)42)24(18)35-31(33)34-9-6-11-37)22(28(43)46-4)16-47-29(19)50-30-26(48-17(2)3)32(44,45)25(40)23(15-39)49-30/h5,7-8,16-21,23-26,29-30,37-40,44-45H,1,6,9-15H2,2-4H3,(H,41,42)(H3,33,34,35). The summed E-state index contributed by atoms with van der Waals surface area (Å²) in [5.74, 6) is -8.37. The minimum atomic E-state index is -2.91. The second-order valence-electron chi connectivity index (χ2n) is 12.7. The summed E-state index contributed by atoms with van der Waals surface area (Å²) in [6, 6.07) is -0.815. The summed E-state index contributed by atoms with van der Waals surface area (Å²) >= 11 is 0. The summed E-state index contributed by atoms with van der Waals surface area (Å²) in [6.07, 6.45) is -2.32. The molecule has 0 aliphatic carbocycles. The van der Waals surface area contributed by atoms with Crippen LogP contribution in [0.3, 0.4) is 0 Å². The maximum absolute atomic E-state index is 13.0. The zero-order valence-corrected chi connectivity index (χ0v) is 28.5. The van der Waals surface area contributed by atoms with E-state index in [0.29, 0.717) is 13.0 Å². The topological polar surface area (TPSA) is 280 Å². The van der Waals surface area contributed by atoms with Gasteiger partial charge in [0.05, 0.1) is 75.2 Å². The molecule has 0 bridgehead atoms. The number of esters is 1. The number of aliphatic carboxylic acids is 1. The molecule has 11 atom stereocenters. The first-order valence-electron chi connectivity index (χ1n) is 16.5. The number of guanidine groups is 1. The lowest BCUT2D eigenvalue weighted by Crippen LogP contribution is -3.16. The van der Waals surface area contributed by atoms with E-state index < -0.39 is 91.0 Å². The molecule has 0 saturated carbocycles. The van der Waals surface area contributed by atoms with Crippen LogP contribution in [-0.2, 0) is 33.3 Å². The lowest BCUT2D eigenvalue weighted by molar-refractivity contribution is -0.911. The lowest BCUT2D eigenvalue weighted by atomic mass is 9.79. The van der Waals surface area contributed by atoms with Gasteiger partial charge in [-0.15, -0.1) is 6.58 Å². The zero-order chi connectivity index (χ0) is 37.2. The van der Waals surface area contributed by atoms with Gasteiger partial charge in [-0.05, 0) is 20.3 Å². The Bertz CT molecular complexity index is 1230. The molecule has 18 nitrogen and oxygen atoms in total. The molecular formula is C32H52N4O14. The van der Waals surface area contributed by atoms with E-state index in [1.54, 1.807) is 26.0 Å². The maximum Gasteiger partial charge on any atom is 0.337 e. The number of carbonyl (C=O) groups is 2. The fourth-order valence-electron chi connectivity index (χ4n) is 6.41. The number of carboxylic acid groups (broad SMARTS) is 1. The van der Waals surface area contributed by atoms with Crippen LogP contribution < -0.4 is 21.1 Å². The summed E-state index contributed by atoms with van der Waals surface area (Å²) in [7, 11) is 1.18. The van der Waals surface area contributed by atoms with Crippen LogP contribution in [0.25, 0.3) is 0 Å². The van der Waals surface area contributed by atoms with Crippen LogP contribution in [0.5, 0.6) is 0 Å². The number of nitrogens with two attached hydrogens (primary N) is 1. The lowest BCUT2D eigenvalue weighted by Gasteiger charge is -2.48. The third-order valence-electron chi connectivity index (χ3n) is 8.91. The number of methoxy groups -OCH3 is 1. The average Bonchev–Trinajstić information content (AvgIpc) is 3.07. The van der Waals surface area contributed by atoms with E-state index in [4.69, 9.17) is 34.5 Å². The maximum atomic E-state index is 13.0. The van der Waals surface area contributed by atoms with Gasteiger partial charge >= 0.3 is 5.97 Å². The average molecular weight is 717 g/mol. The Kier molecular flexibility index (Phi) is 15.6. The number of aliphatic hydroxyl groups excluding tert-OH is 4. The molecule has 0 aromatic carbocycles. The van der Waals surface area contributed by atoms with E-state index in [2.05, 4.69) is 16.9 Å². The highest BCUT2D eigenvalue weighted by molar-refractivity contribution is 5.89. The number of hydrogen-bond donors (Lipinski definition) is 9. The van der Waals surface area contributed by atoms with Crippen molar-refractivity contribution in [1.82, 2.24) is 5.32 Å². The number of likely N-dealkylation sites (tertiary alicyclic amines) is 1. The Labute approximate surface area is 290 Å². The number of carboxylic acids is 1. The Morgan fingerprint density at radius 1 is 1.22 bits per heavy atom. The molecular weight excluding hydrogens is 664 g/mol. The summed E-state index contributed by atoms with van der Waals surface area (Å²) < 4.78 is 28.2. The number of nitrogens with zero attached hydrogens (tertiary/aromatic N) is 1. The number of carbonyl (C=O) groups excluding carboxylic acids is 2. The fourth-order valence-corrected chi connectivity index (χ4v) is 6.41. The highest BCUT2D eigenvalue weighted by Gasteiger charge is 2.57. The van der Waals surface area contributed by atoms with Crippen molar-refractivity contribution < 1.29 is 73.9 Å². The second kappa shape index (κ2) is 18.9. The third kappa shape index (κ3) is 9.99. The summed E-state index contributed by atoms with van der Waals surface area (Å²) in [5.41, 5.74) is 6.14. The molecule has 0 radical (unpaired) electrons. The molecule has 284 valence electrons. The Morgan fingerprint density at radius 2 is 1.94 bits per heavy atom. The molecule has 3 rings (SSSR count). The molecule has 11 unspecified atom stereocenters. The van der Waals surface area contributed by atoms with Crippen molar-refractivity contribution in [2.24, 2.45) is 34.4 Å². The van der Waals surface area contributed by atoms with E-state index in [-0.39, 0.29) is 44.4 Å². The molecule has 0 spiro atoms. The molecule has 3 heterocycles. The fraction of sp³-hybridized carbons (Fsp3) is 0.719. The minimum absolute atomic E-state index is 0.0295. The van der Waals surface area contributed by atoms with Crippen LogP contribution in [0, 0.1) is 23.7 Å². The number of rotatable bonds is 16. The Hall–Kier alpha value is -3.17. The summed E-state index contributed by atoms with van der Waals surface area (Å²) in [6.45, 7) is 6.98. The summed E-state index contributed by atoms with van der Waals surface area (Å²) in [4.78, 5) is 30.2. The number of ether oxygens (including phenoxy) is 5. The van der Waals surface area contributed by atoms with Gasteiger partial charge in [-0.25, -0.2) is 4.79 Å². The quantitative estimate of drug-likeness (QED) is 0.0180. The van der Waals surface area contributed by atoms with Gasteiger partial charge in [0.1, 0.15) is 18.8 Å². The van der Waals surface area contributed by atoms with Crippen LogP contribution in [-0.4, -0.2) is 150 Å². The number of hydrogen-bond acceptors (Lipinski definition) is 15. The molecule has 18 heteroatoms. The molecule has 2 fully saturated rings.